The molecule has 0 amide bonds. The third-order valence-corrected chi connectivity index (χ3v) is 5.22. The van der Waals surface area contributed by atoms with Crippen LogP contribution >= 0.6 is 0 Å². The number of benzene rings is 1. The Kier molecular flexibility index (Phi) is 6.29. The first kappa shape index (κ1) is 16.5. The Balaban J connectivity index is 2.10. The second-order valence-electron chi connectivity index (χ2n) is 7.35. The van der Waals surface area contributed by atoms with Gasteiger partial charge in [-0.2, -0.15) is 0 Å². The lowest BCUT2D eigenvalue weighted by Gasteiger charge is -2.40. The molecule has 21 heavy (non-hydrogen) atoms. The zero-order valence-corrected chi connectivity index (χ0v) is 14.3. The van der Waals surface area contributed by atoms with Crippen LogP contribution in [-0.4, -0.2) is 6.04 Å². The van der Waals surface area contributed by atoms with Crippen LogP contribution in [0.15, 0.2) is 30.3 Å². The zero-order chi connectivity index (χ0) is 15.2. The fourth-order valence-electron chi connectivity index (χ4n) is 3.97. The van der Waals surface area contributed by atoms with E-state index in [4.69, 9.17) is 0 Å². The van der Waals surface area contributed by atoms with E-state index in [0.717, 1.165) is 17.8 Å². The van der Waals surface area contributed by atoms with Gasteiger partial charge in [0.05, 0.1) is 0 Å². The molecule has 1 aromatic rings. The molecule has 0 saturated heterocycles. The Hall–Kier alpha value is -0.820. The number of rotatable bonds is 6. The van der Waals surface area contributed by atoms with E-state index in [1.807, 2.05) is 0 Å². The van der Waals surface area contributed by atoms with Gasteiger partial charge in [0, 0.05) is 12.1 Å². The minimum Gasteiger partial charge on any atom is -0.307 e. The molecule has 1 saturated carbocycles. The van der Waals surface area contributed by atoms with Crippen LogP contribution in [0.5, 0.6) is 0 Å². The van der Waals surface area contributed by atoms with E-state index >= 15 is 0 Å². The Bertz CT molecular complexity index is 398. The van der Waals surface area contributed by atoms with Crippen LogP contribution in [0.2, 0.25) is 0 Å². The average molecular weight is 287 g/mol. The van der Waals surface area contributed by atoms with Gasteiger partial charge in [0.1, 0.15) is 0 Å². The molecule has 4 atom stereocenters. The Labute approximate surface area is 131 Å². The van der Waals surface area contributed by atoms with Crippen LogP contribution in [0.25, 0.3) is 0 Å². The molecule has 0 bridgehead atoms. The van der Waals surface area contributed by atoms with Crippen molar-refractivity contribution in [1.82, 2.24) is 5.32 Å². The normalized spacial score (nSPS) is 27.8. The van der Waals surface area contributed by atoms with Gasteiger partial charge in [0.2, 0.25) is 0 Å². The molecule has 1 nitrogen and oxygen atoms in total. The Morgan fingerprint density at radius 2 is 1.86 bits per heavy atom. The molecule has 1 N–H and O–H groups in total. The monoisotopic (exact) mass is 287 g/mol. The maximum Gasteiger partial charge on any atom is 0.0322 e. The number of nitrogens with one attached hydrogen (secondary N) is 1. The minimum absolute atomic E-state index is 0.521. The predicted octanol–water partition coefficient (Wildman–Crippen LogP) is 5.58. The van der Waals surface area contributed by atoms with Crippen molar-refractivity contribution in [1.29, 1.82) is 0 Å². The van der Waals surface area contributed by atoms with E-state index in [0.29, 0.717) is 12.1 Å². The zero-order valence-electron chi connectivity index (χ0n) is 14.3. The fraction of sp³-hybridized carbons (Fsp3) is 0.700. The summed E-state index contributed by atoms with van der Waals surface area (Å²) >= 11 is 0. The van der Waals surface area contributed by atoms with Gasteiger partial charge in [-0.15, -0.1) is 0 Å². The van der Waals surface area contributed by atoms with Crippen LogP contribution in [0.3, 0.4) is 0 Å². The van der Waals surface area contributed by atoms with Gasteiger partial charge in [0.15, 0.2) is 0 Å². The van der Waals surface area contributed by atoms with Gasteiger partial charge in [-0.05, 0) is 42.6 Å². The van der Waals surface area contributed by atoms with Gasteiger partial charge in [-0.25, -0.2) is 0 Å². The summed E-state index contributed by atoms with van der Waals surface area (Å²) in [7, 11) is 0. The van der Waals surface area contributed by atoms with Crippen molar-refractivity contribution >= 4 is 0 Å². The van der Waals surface area contributed by atoms with E-state index in [9.17, 15) is 0 Å². The maximum absolute atomic E-state index is 4.04. The molecule has 0 aliphatic heterocycles. The highest BCUT2D eigenvalue weighted by Crippen LogP contribution is 2.35. The molecule has 1 aliphatic rings. The molecule has 0 aromatic heterocycles. The highest BCUT2D eigenvalue weighted by molar-refractivity contribution is 5.19. The molecule has 0 spiro atoms. The highest BCUT2D eigenvalue weighted by Gasteiger charge is 2.31. The summed E-state index contributed by atoms with van der Waals surface area (Å²) in [6.45, 7) is 9.50. The molecule has 1 fully saturated rings. The van der Waals surface area contributed by atoms with Crippen molar-refractivity contribution in [2.45, 2.75) is 71.9 Å². The minimum atomic E-state index is 0.521. The molecule has 1 aromatic carbocycles. The molecule has 1 aliphatic carbocycles. The van der Waals surface area contributed by atoms with Crippen LogP contribution in [0.1, 0.15) is 71.4 Å². The lowest BCUT2D eigenvalue weighted by Crippen LogP contribution is -2.44. The molecular weight excluding hydrogens is 254 g/mol. The number of hydrogen-bond acceptors (Lipinski definition) is 1. The first-order chi connectivity index (χ1) is 10.1. The SMILES string of the molecule is CCCC(NC1CC(C)CCC1C(C)C)c1ccccc1. The van der Waals surface area contributed by atoms with Crippen molar-refractivity contribution in [3.05, 3.63) is 35.9 Å². The van der Waals surface area contributed by atoms with E-state index in [2.05, 4.69) is 63.3 Å². The molecular formula is C20H33N. The van der Waals surface area contributed by atoms with E-state index < -0.39 is 0 Å². The van der Waals surface area contributed by atoms with E-state index in [1.54, 1.807) is 0 Å². The third kappa shape index (κ3) is 4.57. The van der Waals surface area contributed by atoms with Gasteiger partial charge in [-0.3, -0.25) is 0 Å². The lowest BCUT2D eigenvalue weighted by molar-refractivity contribution is 0.157. The first-order valence-electron chi connectivity index (χ1n) is 8.92. The van der Waals surface area contributed by atoms with Crippen molar-refractivity contribution in [3.63, 3.8) is 0 Å². The molecule has 0 radical (unpaired) electrons. The van der Waals surface area contributed by atoms with Crippen molar-refractivity contribution in [2.75, 3.05) is 0 Å². The first-order valence-corrected chi connectivity index (χ1v) is 8.92. The molecule has 0 heterocycles. The van der Waals surface area contributed by atoms with Gasteiger partial charge in [0.25, 0.3) is 0 Å². The maximum atomic E-state index is 4.04. The van der Waals surface area contributed by atoms with Gasteiger partial charge >= 0.3 is 0 Å². The second-order valence-corrected chi connectivity index (χ2v) is 7.35. The molecule has 118 valence electrons. The number of hydrogen-bond donors (Lipinski definition) is 1. The van der Waals surface area contributed by atoms with E-state index in [-0.39, 0.29) is 0 Å². The summed E-state index contributed by atoms with van der Waals surface area (Å²) in [5.74, 6) is 2.49. The third-order valence-electron chi connectivity index (χ3n) is 5.22. The lowest BCUT2D eigenvalue weighted by atomic mass is 9.73. The van der Waals surface area contributed by atoms with Crippen molar-refractivity contribution in [3.8, 4) is 0 Å². The molecule has 2 rings (SSSR count). The highest BCUT2D eigenvalue weighted by atomic mass is 15.0. The predicted molar refractivity (Wildman–Crippen MR) is 92.4 cm³/mol. The smallest absolute Gasteiger partial charge is 0.0322 e. The van der Waals surface area contributed by atoms with Crippen LogP contribution in [0, 0.1) is 17.8 Å². The summed E-state index contributed by atoms with van der Waals surface area (Å²) in [6.07, 6.45) is 6.62. The molecule has 1 heteroatoms. The summed E-state index contributed by atoms with van der Waals surface area (Å²) < 4.78 is 0. The average Bonchev–Trinajstić information content (AvgIpc) is 2.47. The standard InChI is InChI=1S/C20H33N/c1-5-9-19(17-10-7-6-8-11-17)21-20-14-16(4)12-13-18(20)15(2)3/h6-8,10-11,15-16,18-21H,5,9,12-14H2,1-4H3. The van der Waals surface area contributed by atoms with Crippen LogP contribution in [-0.2, 0) is 0 Å². The Morgan fingerprint density at radius 3 is 2.48 bits per heavy atom. The quantitative estimate of drug-likeness (QED) is 0.720. The summed E-state index contributed by atoms with van der Waals surface area (Å²) in [5, 5.41) is 4.04. The largest absolute Gasteiger partial charge is 0.307 e. The second kappa shape index (κ2) is 7.98. The van der Waals surface area contributed by atoms with E-state index in [1.165, 1.54) is 37.7 Å². The van der Waals surface area contributed by atoms with Gasteiger partial charge < -0.3 is 5.32 Å². The van der Waals surface area contributed by atoms with Crippen LogP contribution < -0.4 is 5.32 Å². The van der Waals surface area contributed by atoms with Crippen molar-refractivity contribution < 1.29 is 0 Å². The van der Waals surface area contributed by atoms with Gasteiger partial charge in [-0.1, -0.05) is 70.9 Å². The molecule has 4 unspecified atom stereocenters. The Morgan fingerprint density at radius 1 is 1.14 bits per heavy atom. The fourth-order valence-corrected chi connectivity index (χ4v) is 3.97. The summed E-state index contributed by atoms with van der Waals surface area (Å²) in [5.41, 5.74) is 1.46. The van der Waals surface area contributed by atoms with Crippen LogP contribution in [0.4, 0.5) is 0 Å². The summed E-state index contributed by atoms with van der Waals surface area (Å²) in [4.78, 5) is 0. The topological polar surface area (TPSA) is 12.0 Å². The summed E-state index contributed by atoms with van der Waals surface area (Å²) in [6, 6.07) is 12.2. The van der Waals surface area contributed by atoms with Crippen molar-refractivity contribution in [2.24, 2.45) is 17.8 Å².